The van der Waals surface area contributed by atoms with Gasteiger partial charge in [-0.1, -0.05) is 11.6 Å². The number of ether oxygens (including phenoxy) is 1. The molecule has 0 spiro atoms. The van der Waals surface area contributed by atoms with E-state index in [0.29, 0.717) is 5.15 Å². The number of aryl methyl sites for hydroxylation is 1. The van der Waals surface area contributed by atoms with E-state index in [1.165, 1.54) is 12.8 Å². The van der Waals surface area contributed by atoms with Crippen LogP contribution in [-0.2, 0) is 0 Å². The minimum atomic E-state index is -0.643. The van der Waals surface area contributed by atoms with Gasteiger partial charge in [0.2, 0.25) is 0 Å². The molecule has 1 fully saturated rings. The van der Waals surface area contributed by atoms with Gasteiger partial charge in [0.15, 0.2) is 0 Å². The molecule has 1 aromatic heterocycles. The maximum atomic E-state index is 10.8. The summed E-state index contributed by atoms with van der Waals surface area (Å²) in [4.78, 5) is 4.45. The number of aliphatic hydroxyl groups is 1. The monoisotopic (exact) mass is 346 g/mol. The van der Waals surface area contributed by atoms with Crippen molar-refractivity contribution in [1.82, 2.24) is 10.3 Å². The van der Waals surface area contributed by atoms with Crippen LogP contribution in [0.15, 0.2) is 18.2 Å². The lowest BCUT2D eigenvalue weighted by molar-refractivity contribution is -0.0645. The molecular weight excluding hydrogens is 324 g/mol. The lowest BCUT2D eigenvalue weighted by atomic mass is 9.85. The van der Waals surface area contributed by atoms with Gasteiger partial charge in [0.25, 0.3) is 0 Å². The normalized spacial score (nSPS) is 25.4. The van der Waals surface area contributed by atoms with Gasteiger partial charge in [0.1, 0.15) is 22.6 Å². The number of hydrogen-bond acceptors (Lipinski definition) is 4. The molecule has 0 radical (unpaired) electrons. The van der Waals surface area contributed by atoms with Crippen LogP contribution in [0, 0.1) is 12.8 Å². The number of aromatic nitrogens is 1. The van der Waals surface area contributed by atoms with Gasteiger partial charge in [-0.3, -0.25) is 0 Å². The van der Waals surface area contributed by atoms with E-state index in [0.717, 1.165) is 40.2 Å². The minimum Gasteiger partial charge on any atom is -0.485 e. The second-order valence-corrected chi connectivity index (χ2v) is 8.04. The summed E-state index contributed by atoms with van der Waals surface area (Å²) >= 11 is 6.12. The standard InChI is InChI=1S/C19H23ClN2O2/c1-10-6-16(20)22-14-7-13-15(8-12(10)14)24-19(2,3)18(23)17(13)21-9-11-4-5-11/h6-8,11,17-18,21,23H,4-5,9H2,1-3H3. The van der Waals surface area contributed by atoms with Gasteiger partial charge in [0.05, 0.1) is 11.6 Å². The second-order valence-electron chi connectivity index (χ2n) is 7.65. The summed E-state index contributed by atoms with van der Waals surface area (Å²) in [5.41, 5.74) is 2.23. The first-order chi connectivity index (χ1) is 11.3. The van der Waals surface area contributed by atoms with Gasteiger partial charge >= 0.3 is 0 Å². The van der Waals surface area contributed by atoms with Crippen molar-refractivity contribution >= 4 is 22.5 Å². The number of nitrogens with one attached hydrogen (secondary N) is 1. The summed E-state index contributed by atoms with van der Waals surface area (Å²) in [6, 6.07) is 5.74. The van der Waals surface area contributed by atoms with Crippen LogP contribution < -0.4 is 10.1 Å². The molecule has 5 heteroatoms. The van der Waals surface area contributed by atoms with Crippen LogP contribution >= 0.6 is 11.6 Å². The number of benzene rings is 1. The van der Waals surface area contributed by atoms with Crippen molar-refractivity contribution in [3.8, 4) is 5.75 Å². The van der Waals surface area contributed by atoms with E-state index >= 15 is 0 Å². The van der Waals surface area contributed by atoms with Gasteiger partial charge in [-0.05, 0) is 69.8 Å². The molecule has 2 heterocycles. The highest BCUT2D eigenvalue weighted by atomic mass is 35.5. The molecule has 1 saturated carbocycles. The van der Waals surface area contributed by atoms with E-state index < -0.39 is 11.7 Å². The number of fused-ring (bicyclic) bond motifs is 2. The lowest BCUT2D eigenvalue weighted by Gasteiger charge is -2.42. The SMILES string of the molecule is Cc1cc(Cl)nc2cc3c(cc12)OC(C)(C)C(O)C3NCC1CC1. The summed E-state index contributed by atoms with van der Waals surface area (Å²) in [5.74, 6) is 1.56. The zero-order valence-electron chi connectivity index (χ0n) is 14.3. The molecule has 128 valence electrons. The maximum Gasteiger partial charge on any atom is 0.131 e. The van der Waals surface area contributed by atoms with Gasteiger partial charge in [-0.2, -0.15) is 0 Å². The smallest absolute Gasteiger partial charge is 0.131 e. The number of hydrogen-bond donors (Lipinski definition) is 2. The predicted molar refractivity (Wildman–Crippen MR) is 95.7 cm³/mol. The van der Waals surface area contributed by atoms with E-state index in [1.807, 2.05) is 39.0 Å². The number of aliphatic hydroxyl groups excluding tert-OH is 1. The molecule has 0 saturated heterocycles. The average Bonchev–Trinajstić information content (AvgIpc) is 3.31. The summed E-state index contributed by atoms with van der Waals surface area (Å²) in [7, 11) is 0. The van der Waals surface area contributed by atoms with Crippen LogP contribution in [-0.4, -0.2) is 28.3 Å². The Labute approximate surface area is 147 Å². The maximum absolute atomic E-state index is 10.8. The molecule has 1 aliphatic carbocycles. The Hall–Kier alpha value is -1.36. The number of nitrogens with zero attached hydrogens (tertiary/aromatic N) is 1. The Morgan fingerprint density at radius 1 is 1.33 bits per heavy atom. The minimum absolute atomic E-state index is 0.158. The van der Waals surface area contributed by atoms with Gasteiger partial charge < -0.3 is 15.2 Å². The van der Waals surface area contributed by atoms with Crippen LogP contribution in [0.1, 0.15) is 43.9 Å². The highest BCUT2D eigenvalue weighted by molar-refractivity contribution is 6.29. The molecular formula is C19H23ClN2O2. The fraction of sp³-hybridized carbons (Fsp3) is 0.526. The Morgan fingerprint density at radius 2 is 2.08 bits per heavy atom. The zero-order valence-corrected chi connectivity index (χ0v) is 15.0. The van der Waals surface area contributed by atoms with E-state index in [9.17, 15) is 5.11 Å². The molecule has 2 atom stereocenters. The van der Waals surface area contributed by atoms with Crippen molar-refractivity contribution in [3.05, 3.63) is 34.5 Å². The topological polar surface area (TPSA) is 54.4 Å². The Morgan fingerprint density at radius 3 is 2.79 bits per heavy atom. The fourth-order valence-corrected chi connectivity index (χ4v) is 3.74. The van der Waals surface area contributed by atoms with Crippen LogP contribution in [0.3, 0.4) is 0 Å². The van der Waals surface area contributed by atoms with E-state index in [-0.39, 0.29) is 6.04 Å². The van der Waals surface area contributed by atoms with Crippen LogP contribution in [0.2, 0.25) is 5.15 Å². The molecule has 0 bridgehead atoms. The van der Waals surface area contributed by atoms with Gasteiger partial charge in [-0.25, -0.2) is 4.98 Å². The molecule has 1 aromatic carbocycles. The molecule has 24 heavy (non-hydrogen) atoms. The quantitative estimate of drug-likeness (QED) is 0.831. The summed E-state index contributed by atoms with van der Waals surface area (Å²) in [6.45, 7) is 6.82. The van der Waals surface area contributed by atoms with Crippen LogP contribution in [0.5, 0.6) is 5.75 Å². The highest BCUT2D eigenvalue weighted by Gasteiger charge is 2.43. The first-order valence-corrected chi connectivity index (χ1v) is 8.94. The first kappa shape index (κ1) is 16.1. The molecule has 2 aliphatic rings. The molecule has 1 aliphatic heterocycles. The van der Waals surface area contributed by atoms with Crippen molar-refractivity contribution < 1.29 is 9.84 Å². The molecule has 2 N–H and O–H groups in total. The Kier molecular flexibility index (Phi) is 3.75. The summed E-state index contributed by atoms with van der Waals surface area (Å²) in [5, 5.41) is 15.9. The van der Waals surface area contributed by atoms with Crippen molar-refractivity contribution in [2.24, 2.45) is 5.92 Å². The summed E-state index contributed by atoms with van der Waals surface area (Å²) in [6.07, 6.45) is 1.93. The second kappa shape index (κ2) is 5.58. The van der Waals surface area contributed by atoms with Crippen molar-refractivity contribution in [3.63, 3.8) is 0 Å². The number of pyridine rings is 1. The third kappa shape index (κ3) is 2.77. The average molecular weight is 347 g/mol. The highest BCUT2D eigenvalue weighted by Crippen LogP contribution is 2.42. The third-order valence-electron chi connectivity index (χ3n) is 5.18. The molecule has 0 amide bonds. The molecule has 2 unspecified atom stereocenters. The van der Waals surface area contributed by atoms with Crippen molar-refractivity contribution in [1.29, 1.82) is 0 Å². The summed E-state index contributed by atoms with van der Waals surface area (Å²) < 4.78 is 6.13. The molecule has 2 aromatic rings. The van der Waals surface area contributed by atoms with E-state index in [2.05, 4.69) is 10.3 Å². The van der Waals surface area contributed by atoms with Crippen molar-refractivity contribution in [2.45, 2.75) is 51.4 Å². The van der Waals surface area contributed by atoms with Gasteiger partial charge in [0, 0.05) is 10.9 Å². The van der Waals surface area contributed by atoms with Crippen LogP contribution in [0.25, 0.3) is 10.9 Å². The Bertz CT molecular complexity index is 802. The predicted octanol–water partition coefficient (Wildman–Crippen LogP) is 3.77. The number of rotatable bonds is 3. The van der Waals surface area contributed by atoms with E-state index in [4.69, 9.17) is 16.3 Å². The van der Waals surface area contributed by atoms with Crippen molar-refractivity contribution in [2.75, 3.05) is 6.54 Å². The zero-order chi connectivity index (χ0) is 17.1. The van der Waals surface area contributed by atoms with Crippen LogP contribution in [0.4, 0.5) is 0 Å². The molecule has 4 rings (SSSR count). The lowest BCUT2D eigenvalue weighted by Crippen LogP contribution is -2.52. The Balaban J connectivity index is 1.82. The third-order valence-corrected chi connectivity index (χ3v) is 5.37. The number of halogens is 1. The first-order valence-electron chi connectivity index (χ1n) is 8.56. The fourth-order valence-electron chi connectivity index (χ4n) is 3.48. The largest absolute Gasteiger partial charge is 0.485 e. The molecule has 4 nitrogen and oxygen atoms in total. The van der Waals surface area contributed by atoms with E-state index in [1.54, 1.807) is 0 Å². The van der Waals surface area contributed by atoms with Gasteiger partial charge in [-0.15, -0.1) is 0 Å².